The number of fused-ring (bicyclic) bond motifs is 1. The van der Waals surface area contributed by atoms with E-state index in [1.54, 1.807) is 0 Å². The average molecular weight is 208 g/mol. The molecule has 1 aromatic carbocycles. The van der Waals surface area contributed by atoms with Gasteiger partial charge < -0.3 is 10.6 Å². The minimum atomic E-state index is 0.104. The zero-order chi connectivity index (χ0) is 9.97. The first-order valence-corrected chi connectivity index (χ1v) is 5.20. The van der Waals surface area contributed by atoms with E-state index in [1.807, 2.05) is 12.1 Å². The summed E-state index contributed by atoms with van der Waals surface area (Å²) >= 11 is 4.09. The molecule has 0 aliphatic carbocycles. The van der Waals surface area contributed by atoms with Crippen molar-refractivity contribution >= 4 is 29.9 Å². The van der Waals surface area contributed by atoms with Gasteiger partial charge >= 0.3 is 0 Å². The van der Waals surface area contributed by atoms with Crippen molar-refractivity contribution in [3.63, 3.8) is 0 Å². The van der Waals surface area contributed by atoms with Crippen molar-refractivity contribution in [2.24, 2.45) is 0 Å². The zero-order valence-corrected chi connectivity index (χ0v) is 8.60. The quantitative estimate of drug-likeness (QED) is 0.513. The van der Waals surface area contributed by atoms with Crippen LogP contribution in [0.4, 0.5) is 11.4 Å². The highest BCUT2D eigenvalue weighted by Crippen LogP contribution is 2.25. The highest BCUT2D eigenvalue weighted by molar-refractivity contribution is 7.80. The number of carbonyl (C=O) groups excluding carboxylic acids is 1. The fraction of sp³-hybridized carbons (Fsp3) is 0.300. The Morgan fingerprint density at radius 2 is 2.29 bits per heavy atom. The number of rotatable bonds is 2. The van der Waals surface area contributed by atoms with Crippen LogP contribution in [-0.2, 0) is 11.2 Å². The smallest absolute Gasteiger partial charge is 0.224 e. The Bertz CT molecular complexity index is 365. The van der Waals surface area contributed by atoms with Crippen molar-refractivity contribution in [1.29, 1.82) is 0 Å². The van der Waals surface area contributed by atoms with Crippen molar-refractivity contribution < 1.29 is 4.79 Å². The lowest BCUT2D eigenvalue weighted by Gasteiger charge is -2.17. The van der Waals surface area contributed by atoms with Crippen LogP contribution in [0.25, 0.3) is 0 Å². The Morgan fingerprint density at radius 1 is 1.43 bits per heavy atom. The van der Waals surface area contributed by atoms with E-state index in [2.05, 4.69) is 29.3 Å². The molecule has 1 aliphatic heterocycles. The van der Waals surface area contributed by atoms with Crippen LogP contribution in [0.1, 0.15) is 12.0 Å². The Kier molecular flexibility index (Phi) is 2.63. The van der Waals surface area contributed by atoms with Crippen LogP contribution in [0.15, 0.2) is 18.2 Å². The van der Waals surface area contributed by atoms with E-state index in [4.69, 9.17) is 0 Å². The van der Waals surface area contributed by atoms with Gasteiger partial charge in [-0.1, -0.05) is 0 Å². The van der Waals surface area contributed by atoms with Crippen LogP contribution >= 0.6 is 12.6 Å². The van der Waals surface area contributed by atoms with Crippen LogP contribution < -0.4 is 10.6 Å². The minimum Gasteiger partial charge on any atom is -0.376 e. The molecule has 14 heavy (non-hydrogen) atoms. The molecule has 74 valence electrons. The van der Waals surface area contributed by atoms with E-state index in [-0.39, 0.29) is 5.91 Å². The maximum atomic E-state index is 11.1. The highest BCUT2D eigenvalue weighted by atomic mass is 32.1. The summed E-state index contributed by atoms with van der Waals surface area (Å²) < 4.78 is 0. The number of carbonyl (C=O) groups is 1. The zero-order valence-electron chi connectivity index (χ0n) is 7.71. The molecule has 1 heterocycles. The topological polar surface area (TPSA) is 41.1 Å². The van der Waals surface area contributed by atoms with Crippen LogP contribution in [-0.4, -0.2) is 11.8 Å². The molecule has 0 aromatic heterocycles. The van der Waals surface area contributed by atoms with E-state index in [9.17, 15) is 4.79 Å². The highest BCUT2D eigenvalue weighted by Gasteiger charge is 2.14. The van der Waals surface area contributed by atoms with Gasteiger partial charge in [-0.2, -0.15) is 12.6 Å². The number of thiol groups is 1. The minimum absolute atomic E-state index is 0.104. The van der Waals surface area contributed by atoms with Gasteiger partial charge in [0.25, 0.3) is 0 Å². The van der Waals surface area contributed by atoms with E-state index in [0.29, 0.717) is 12.3 Å². The SMILES string of the molecule is O=C1CCc2cc(NCS)ccc2N1. The number of amides is 1. The Hall–Kier alpha value is -1.16. The predicted octanol–water partition coefficient (Wildman–Crippen LogP) is 1.87. The summed E-state index contributed by atoms with van der Waals surface area (Å²) in [6.45, 7) is 0. The number of nitrogens with one attached hydrogen (secondary N) is 2. The predicted molar refractivity (Wildman–Crippen MR) is 60.9 cm³/mol. The number of aryl methyl sites for hydroxylation is 1. The van der Waals surface area contributed by atoms with E-state index in [0.717, 1.165) is 17.8 Å². The van der Waals surface area contributed by atoms with Gasteiger partial charge in [-0.25, -0.2) is 0 Å². The first-order valence-electron chi connectivity index (χ1n) is 4.57. The van der Waals surface area contributed by atoms with E-state index < -0.39 is 0 Å². The third kappa shape index (κ3) is 1.85. The normalized spacial score (nSPS) is 14.5. The van der Waals surface area contributed by atoms with Gasteiger partial charge in [0, 0.05) is 17.8 Å². The average Bonchev–Trinajstić information content (AvgIpc) is 2.19. The van der Waals surface area contributed by atoms with Gasteiger partial charge in [0.05, 0.1) is 5.88 Å². The van der Waals surface area contributed by atoms with Crippen LogP contribution in [0, 0.1) is 0 Å². The molecule has 0 saturated carbocycles. The van der Waals surface area contributed by atoms with Gasteiger partial charge in [-0.15, -0.1) is 0 Å². The molecule has 0 bridgehead atoms. The number of hydrogen-bond acceptors (Lipinski definition) is 3. The summed E-state index contributed by atoms with van der Waals surface area (Å²) in [5.41, 5.74) is 3.18. The number of hydrogen-bond donors (Lipinski definition) is 3. The van der Waals surface area contributed by atoms with Gasteiger partial charge in [0.1, 0.15) is 0 Å². The summed E-state index contributed by atoms with van der Waals surface area (Å²) in [4.78, 5) is 11.1. The van der Waals surface area contributed by atoms with Crippen molar-refractivity contribution in [2.45, 2.75) is 12.8 Å². The second kappa shape index (κ2) is 3.92. The molecule has 1 amide bonds. The first-order chi connectivity index (χ1) is 6.79. The van der Waals surface area contributed by atoms with Crippen molar-refractivity contribution in [3.8, 4) is 0 Å². The number of benzene rings is 1. The van der Waals surface area contributed by atoms with Gasteiger partial charge in [0.2, 0.25) is 5.91 Å². The fourth-order valence-electron chi connectivity index (χ4n) is 1.58. The summed E-state index contributed by atoms with van der Waals surface area (Å²) in [6.07, 6.45) is 1.40. The van der Waals surface area contributed by atoms with Crippen molar-refractivity contribution in [3.05, 3.63) is 23.8 Å². The maximum absolute atomic E-state index is 11.1. The van der Waals surface area contributed by atoms with Crippen molar-refractivity contribution in [2.75, 3.05) is 16.5 Å². The van der Waals surface area contributed by atoms with Crippen LogP contribution in [0.5, 0.6) is 0 Å². The monoisotopic (exact) mass is 208 g/mol. The third-order valence-electron chi connectivity index (χ3n) is 2.28. The van der Waals surface area contributed by atoms with Crippen LogP contribution in [0.3, 0.4) is 0 Å². The van der Waals surface area contributed by atoms with Crippen molar-refractivity contribution in [1.82, 2.24) is 0 Å². The largest absolute Gasteiger partial charge is 0.376 e. The molecule has 0 unspecified atom stereocenters. The molecule has 2 rings (SSSR count). The third-order valence-corrected chi connectivity index (χ3v) is 2.44. The maximum Gasteiger partial charge on any atom is 0.224 e. The molecular formula is C10H12N2OS. The summed E-state index contributed by atoms with van der Waals surface area (Å²) in [7, 11) is 0. The Morgan fingerprint density at radius 3 is 3.07 bits per heavy atom. The lowest BCUT2D eigenvalue weighted by atomic mass is 10.0. The summed E-state index contributed by atoms with van der Waals surface area (Å²) in [6, 6.07) is 5.93. The standard InChI is InChI=1S/C10H12N2OS/c13-10-4-1-7-5-8(11-6-14)2-3-9(7)12-10/h2-3,5,11,14H,1,4,6H2,(H,12,13). The van der Waals surface area contributed by atoms with E-state index >= 15 is 0 Å². The second-order valence-electron chi connectivity index (χ2n) is 3.25. The van der Waals surface area contributed by atoms with Gasteiger partial charge in [-0.3, -0.25) is 4.79 Å². The molecule has 0 radical (unpaired) electrons. The molecule has 0 spiro atoms. The lowest BCUT2D eigenvalue weighted by Crippen LogP contribution is -2.18. The molecule has 4 heteroatoms. The lowest BCUT2D eigenvalue weighted by molar-refractivity contribution is -0.116. The van der Waals surface area contributed by atoms with Gasteiger partial charge in [0.15, 0.2) is 0 Å². The Balaban J connectivity index is 2.26. The molecule has 0 atom stereocenters. The molecule has 0 fully saturated rings. The van der Waals surface area contributed by atoms with E-state index in [1.165, 1.54) is 5.56 Å². The Labute approximate surface area is 88.3 Å². The molecule has 2 N–H and O–H groups in total. The molecular weight excluding hydrogens is 196 g/mol. The molecule has 1 aromatic rings. The number of anilines is 2. The molecule has 3 nitrogen and oxygen atoms in total. The first kappa shape index (κ1) is 9.40. The van der Waals surface area contributed by atoms with Crippen LogP contribution in [0.2, 0.25) is 0 Å². The van der Waals surface area contributed by atoms with Gasteiger partial charge in [-0.05, 0) is 30.2 Å². The summed E-state index contributed by atoms with van der Waals surface area (Å²) in [5.74, 6) is 0.720. The second-order valence-corrected chi connectivity index (χ2v) is 3.57. The fourth-order valence-corrected chi connectivity index (χ4v) is 1.77. The molecule has 1 aliphatic rings. The summed E-state index contributed by atoms with van der Waals surface area (Å²) in [5, 5.41) is 5.96. The molecule has 0 saturated heterocycles.